The Kier molecular flexibility index (Phi) is 5.21. The second kappa shape index (κ2) is 7.93. The Morgan fingerprint density at radius 3 is 2.75 bits per heavy atom. The van der Waals surface area contributed by atoms with Gasteiger partial charge < -0.3 is 10.2 Å². The van der Waals surface area contributed by atoms with Gasteiger partial charge in [-0.15, -0.1) is 10.2 Å². The van der Waals surface area contributed by atoms with Gasteiger partial charge in [0.2, 0.25) is 5.91 Å². The van der Waals surface area contributed by atoms with E-state index in [2.05, 4.69) is 30.5 Å². The van der Waals surface area contributed by atoms with Crippen LogP contribution >= 0.6 is 11.6 Å². The predicted molar refractivity (Wildman–Crippen MR) is 107 cm³/mol. The van der Waals surface area contributed by atoms with Crippen molar-refractivity contribution in [3.05, 3.63) is 53.6 Å². The number of benzene rings is 1. The summed E-state index contributed by atoms with van der Waals surface area (Å²) in [6.07, 6.45) is 4.78. The fourth-order valence-corrected chi connectivity index (χ4v) is 3.43. The molecule has 0 spiro atoms. The summed E-state index contributed by atoms with van der Waals surface area (Å²) in [5.41, 5.74) is 1.70. The number of nitrogens with one attached hydrogen (secondary N) is 1. The van der Waals surface area contributed by atoms with E-state index in [1.54, 1.807) is 17.1 Å². The Hall–Kier alpha value is -3.00. The molecule has 1 atom stereocenters. The Balaban J connectivity index is 1.42. The SMILES string of the molecule is Cc1ccc(NC(=O)C2CCCN(c3ccc(-n4cncn4)nn3)C2)cc1Cl. The van der Waals surface area contributed by atoms with Crippen molar-refractivity contribution in [3.8, 4) is 5.82 Å². The van der Waals surface area contributed by atoms with Crippen molar-refractivity contribution in [1.82, 2.24) is 25.0 Å². The number of aromatic nitrogens is 5. The number of aryl methyl sites for hydroxylation is 1. The summed E-state index contributed by atoms with van der Waals surface area (Å²) >= 11 is 6.15. The van der Waals surface area contributed by atoms with Crippen molar-refractivity contribution in [2.45, 2.75) is 19.8 Å². The van der Waals surface area contributed by atoms with E-state index >= 15 is 0 Å². The van der Waals surface area contributed by atoms with Gasteiger partial charge in [0.1, 0.15) is 12.7 Å². The lowest BCUT2D eigenvalue weighted by Gasteiger charge is -2.32. The fourth-order valence-electron chi connectivity index (χ4n) is 3.25. The third kappa shape index (κ3) is 3.96. The maximum Gasteiger partial charge on any atom is 0.229 e. The molecule has 0 saturated carbocycles. The first-order chi connectivity index (χ1) is 13.6. The van der Waals surface area contributed by atoms with Crippen LogP contribution in [0.25, 0.3) is 5.82 Å². The molecule has 9 heteroatoms. The lowest BCUT2D eigenvalue weighted by atomic mass is 9.97. The Bertz CT molecular complexity index is 959. The number of carbonyl (C=O) groups excluding carboxylic acids is 1. The quantitative estimate of drug-likeness (QED) is 0.728. The molecular weight excluding hydrogens is 378 g/mol. The third-order valence-corrected chi connectivity index (χ3v) is 5.25. The number of amides is 1. The first kappa shape index (κ1) is 18.4. The van der Waals surface area contributed by atoms with Gasteiger partial charge in [0, 0.05) is 23.8 Å². The van der Waals surface area contributed by atoms with Crippen LogP contribution in [0.3, 0.4) is 0 Å². The highest BCUT2D eigenvalue weighted by Gasteiger charge is 2.27. The number of hydrogen-bond acceptors (Lipinski definition) is 6. The van der Waals surface area contributed by atoms with E-state index < -0.39 is 0 Å². The average molecular weight is 398 g/mol. The van der Waals surface area contributed by atoms with Crippen LogP contribution in [0.4, 0.5) is 11.5 Å². The molecular formula is C19H20ClN7O. The van der Waals surface area contributed by atoms with Crippen LogP contribution in [-0.4, -0.2) is 44.0 Å². The van der Waals surface area contributed by atoms with Gasteiger partial charge >= 0.3 is 0 Å². The molecule has 1 aromatic carbocycles. The highest BCUT2D eigenvalue weighted by molar-refractivity contribution is 6.31. The number of piperidine rings is 1. The van der Waals surface area contributed by atoms with Gasteiger partial charge in [-0.3, -0.25) is 4.79 Å². The molecule has 1 amide bonds. The van der Waals surface area contributed by atoms with Crippen molar-refractivity contribution in [3.63, 3.8) is 0 Å². The van der Waals surface area contributed by atoms with E-state index in [0.29, 0.717) is 17.4 Å². The first-order valence-electron chi connectivity index (χ1n) is 9.11. The van der Waals surface area contributed by atoms with Gasteiger partial charge in [-0.1, -0.05) is 17.7 Å². The molecule has 1 unspecified atom stereocenters. The molecule has 8 nitrogen and oxygen atoms in total. The molecule has 0 radical (unpaired) electrons. The summed E-state index contributed by atoms with van der Waals surface area (Å²) < 4.78 is 1.55. The number of rotatable bonds is 4. The third-order valence-electron chi connectivity index (χ3n) is 4.85. The van der Waals surface area contributed by atoms with Gasteiger partial charge in [0.05, 0.1) is 5.92 Å². The molecule has 1 fully saturated rings. The standard InChI is InChI=1S/C19H20ClN7O/c1-13-4-5-15(9-16(13)20)23-19(28)14-3-2-8-26(10-14)17-6-7-18(25-24-17)27-12-21-11-22-27/h4-7,9,11-12,14H,2-3,8,10H2,1H3,(H,23,28). The van der Waals surface area contributed by atoms with Crippen molar-refractivity contribution in [1.29, 1.82) is 0 Å². The summed E-state index contributed by atoms with van der Waals surface area (Å²) in [5.74, 6) is 1.23. The van der Waals surface area contributed by atoms with Crippen molar-refractivity contribution in [2.75, 3.05) is 23.3 Å². The van der Waals surface area contributed by atoms with Crippen molar-refractivity contribution < 1.29 is 4.79 Å². The summed E-state index contributed by atoms with van der Waals surface area (Å²) in [6, 6.07) is 9.29. The number of carbonyl (C=O) groups is 1. The van der Waals surface area contributed by atoms with Gasteiger partial charge in [-0.05, 0) is 49.6 Å². The zero-order valence-electron chi connectivity index (χ0n) is 15.4. The van der Waals surface area contributed by atoms with Crippen LogP contribution in [0.5, 0.6) is 0 Å². The minimum atomic E-state index is -0.120. The predicted octanol–water partition coefficient (Wildman–Crippen LogP) is 2.87. The maximum absolute atomic E-state index is 12.7. The van der Waals surface area contributed by atoms with E-state index in [1.807, 2.05) is 31.2 Å². The molecule has 1 aliphatic rings. The highest BCUT2D eigenvalue weighted by atomic mass is 35.5. The Morgan fingerprint density at radius 2 is 2.04 bits per heavy atom. The number of hydrogen-bond donors (Lipinski definition) is 1. The summed E-state index contributed by atoms with van der Waals surface area (Å²) in [7, 11) is 0. The van der Waals surface area contributed by atoms with Crippen LogP contribution in [0, 0.1) is 12.8 Å². The minimum absolute atomic E-state index is 0.00295. The number of nitrogens with zero attached hydrogens (tertiary/aromatic N) is 6. The average Bonchev–Trinajstić information content (AvgIpc) is 3.26. The Labute approximate surface area is 167 Å². The molecule has 0 aliphatic carbocycles. The van der Waals surface area contributed by atoms with Crippen LogP contribution < -0.4 is 10.2 Å². The normalized spacial score (nSPS) is 16.8. The molecule has 3 heterocycles. The smallest absolute Gasteiger partial charge is 0.229 e. The zero-order valence-corrected chi connectivity index (χ0v) is 16.2. The summed E-state index contributed by atoms with van der Waals surface area (Å²) in [4.78, 5) is 18.7. The number of halogens is 1. The van der Waals surface area contributed by atoms with E-state index in [4.69, 9.17) is 11.6 Å². The Morgan fingerprint density at radius 1 is 1.21 bits per heavy atom. The molecule has 1 aliphatic heterocycles. The van der Waals surface area contributed by atoms with Gasteiger partial charge in [-0.2, -0.15) is 5.10 Å². The second-order valence-electron chi connectivity index (χ2n) is 6.83. The van der Waals surface area contributed by atoms with E-state index in [9.17, 15) is 4.79 Å². The summed E-state index contributed by atoms with van der Waals surface area (Å²) in [6.45, 7) is 3.38. The lowest BCUT2D eigenvalue weighted by Crippen LogP contribution is -2.41. The van der Waals surface area contributed by atoms with Crippen LogP contribution in [-0.2, 0) is 4.79 Å². The molecule has 28 heavy (non-hydrogen) atoms. The van der Waals surface area contributed by atoms with Crippen LogP contribution in [0.1, 0.15) is 18.4 Å². The monoisotopic (exact) mass is 397 g/mol. The second-order valence-corrected chi connectivity index (χ2v) is 7.24. The van der Waals surface area contributed by atoms with Gasteiger partial charge in [-0.25, -0.2) is 9.67 Å². The minimum Gasteiger partial charge on any atom is -0.354 e. The fraction of sp³-hybridized carbons (Fsp3) is 0.316. The van der Waals surface area contributed by atoms with Gasteiger partial charge in [0.25, 0.3) is 0 Å². The largest absolute Gasteiger partial charge is 0.354 e. The number of anilines is 2. The summed E-state index contributed by atoms with van der Waals surface area (Å²) in [5, 5.41) is 16.2. The van der Waals surface area contributed by atoms with E-state index in [0.717, 1.165) is 36.5 Å². The lowest BCUT2D eigenvalue weighted by molar-refractivity contribution is -0.120. The molecule has 3 aromatic rings. The molecule has 144 valence electrons. The first-order valence-corrected chi connectivity index (χ1v) is 9.48. The molecule has 0 bridgehead atoms. The maximum atomic E-state index is 12.7. The molecule has 2 aromatic heterocycles. The zero-order chi connectivity index (χ0) is 19.5. The van der Waals surface area contributed by atoms with E-state index in [1.165, 1.54) is 6.33 Å². The topological polar surface area (TPSA) is 88.8 Å². The highest BCUT2D eigenvalue weighted by Crippen LogP contribution is 2.24. The van der Waals surface area contributed by atoms with Crippen molar-refractivity contribution >= 4 is 29.0 Å². The molecule has 4 rings (SSSR count). The molecule has 1 saturated heterocycles. The van der Waals surface area contributed by atoms with Crippen molar-refractivity contribution in [2.24, 2.45) is 5.92 Å². The van der Waals surface area contributed by atoms with Crippen LogP contribution in [0.15, 0.2) is 43.0 Å². The van der Waals surface area contributed by atoms with Gasteiger partial charge in [0.15, 0.2) is 11.6 Å². The van der Waals surface area contributed by atoms with E-state index in [-0.39, 0.29) is 11.8 Å². The van der Waals surface area contributed by atoms with Crippen LogP contribution in [0.2, 0.25) is 5.02 Å². The molecule has 1 N–H and O–H groups in total.